The summed E-state index contributed by atoms with van der Waals surface area (Å²) in [6, 6.07) is 1.46. The number of piperidine rings is 1. The van der Waals surface area contributed by atoms with Crippen molar-refractivity contribution in [3.05, 3.63) is 0 Å². The third-order valence-electron chi connectivity index (χ3n) is 5.17. The first-order chi connectivity index (χ1) is 9.33. The molecule has 1 spiro atoms. The van der Waals surface area contributed by atoms with E-state index >= 15 is 0 Å². The monoisotopic (exact) mass is 268 g/mol. The van der Waals surface area contributed by atoms with Gasteiger partial charge in [0.2, 0.25) is 0 Å². The first-order valence-corrected chi connectivity index (χ1v) is 8.07. The van der Waals surface area contributed by atoms with Crippen molar-refractivity contribution in [1.82, 2.24) is 4.90 Å². The Labute approximate surface area is 116 Å². The van der Waals surface area contributed by atoms with E-state index in [-0.39, 0.29) is 5.79 Å². The summed E-state index contributed by atoms with van der Waals surface area (Å²) in [7, 11) is 0. The molecule has 1 aliphatic carbocycles. The van der Waals surface area contributed by atoms with Gasteiger partial charge in [0.15, 0.2) is 5.79 Å². The molecule has 0 aromatic carbocycles. The smallest absolute Gasteiger partial charge is 0.168 e. The fourth-order valence-electron chi connectivity index (χ4n) is 4.17. The maximum Gasteiger partial charge on any atom is 0.168 e. The molecule has 19 heavy (non-hydrogen) atoms. The van der Waals surface area contributed by atoms with Crippen molar-refractivity contribution in [2.75, 3.05) is 26.3 Å². The molecule has 4 nitrogen and oxygen atoms in total. The lowest BCUT2D eigenvalue weighted by Crippen LogP contribution is -2.50. The highest BCUT2D eigenvalue weighted by Gasteiger charge is 2.42. The molecule has 4 heteroatoms. The van der Waals surface area contributed by atoms with Crippen LogP contribution in [0.3, 0.4) is 0 Å². The van der Waals surface area contributed by atoms with E-state index in [0.29, 0.717) is 0 Å². The van der Waals surface area contributed by atoms with Crippen LogP contribution in [0, 0.1) is 0 Å². The van der Waals surface area contributed by atoms with E-state index in [1.54, 1.807) is 0 Å². The van der Waals surface area contributed by atoms with Gasteiger partial charge in [0.25, 0.3) is 0 Å². The Morgan fingerprint density at radius 1 is 1.05 bits per heavy atom. The first kappa shape index (κ1) is 13.8. The maximum absolute atomic E-state index is 5.83. The molecule has 1 saturated carbocycles. The van der Waals surface area contributed by atoms with E-state index in [1.807, 2.05) is 0 Å². The van der Waals surface area contributed by atoms with Crippen molar-refractivity contribution >= 4 is 0 Å². The summed E-state index contributed by atoms with van der Waals surface area (Å²) in [6.45, 7) is 3.66. The Morgan fingerprint density at radius 2 is 1.79 bits per heavy atom. The van der Waals surface area contributed by atoms with E-state index < -0.39 is 0 Å². The molecule has 0 aromatic rings. The average Bonchev–Trinajstić information content (AvgIpc) is 2.89. The van der Waals surface area contributed by atoms with Gasteiger partial charge in [0.05, 0.1) is 13.2 Å². The van der Waals surface area contributed by atoms with E-state index in [0.717, 1.165) is 51.1 Å². The zero-order valence-corrected chi connectivity index (χ0v) is 12.0. The number of rotatable bonds is 3. The van der Waals surface area contributed by atoms with E-state index in [1.165, 1.54) is 38.6 Å². The van der Waals surface area contributed by atoms with Crippen LogP contribution in [0.1, 0.15) is 51.4 Å². The quantitative estimate of drug-likeness (QED) is 0.849. The number of nitrogens with zero attached hydrogens (tertiary/aromatic N) is 1. The minimum atomic E-state index is -0.213. The van der Waals surface area contributed by atoms with Crippen molar-refractivity contribution in [1.29, 1.82) is 0 Å². The first-order valence-electron chi connectivity index (χ1n) is 8.07. The van der Waals surface area contributed by atoms with Crippen LogP contribution in [0.5, 0.6) is 0 Å². The second kappa shape index (κ2) is 6.08. The van der Waals surface area contributed by atoms with Crippen LogP contribution in [-0.2, 0) is 9.47 Å². The summed E-state index contributed by atoms with van der Waals surface area (Å²) in [4.78, 5) is 2.75. The number of ether oxygens (including phenoxy) is 2. The fraction of sp³-hybridized carbons (Fsp3) is 1.00. The van der Waals surface area contributed by atoms with E-state index in [2.05, 4.69) is 4.90 Å². The molecular weight excluding hydrogens is 240 g/mol. The minimum Gasteiger partial charge on any atom is -0.348 e. The highest BCUT2D eigenvalue weighted by atomic mass is 16.7. The molecule has 3 fully saturated rings. The summed E-state index contributed by atoms with van der Waals surface area (Å²) >= 11 is 0. The van der Waals surface area contributed by atoms with Gasteiger partial charge in [-0.05, 0) is 45.2 Å². The predicted molar refractivity (Wildman–Crippen MR) is 74.9 cm³/mol. The molecule has 1 unspecified atom stereocenters. The molecule has 2 N–H and O–H groups in total. The van der Waals surface area contributed by atoms with Crippen LogP contribution in [0.4, 0.5) is 0 Å². The molecule has 0 amide bonds. The lowest BCUT2D eigenvalue weighted by Gasteiger charge is -2.45. The summed E-state index contributed by atoms with van der Waals surface area (Å²) in [5.41, 5.74) is 5.78. The van der Waals surface area contributed by atoms with Crippen molar-refractivity contribution < 1.29 is 9.47 Å². The largest absolute Gasteiger partial charge is 0.348 e. The minimum absolute atomic E-state index is 0.213. The molecule has 0 aromatic heterocycles. The van der Waals surface area contributed by atoms with Gasteiger partial charge in [-0.3, -0.25) is 4.90 Å². The summed E-state index contributed by atoms with van der Waals surface area (Å²) < 4.78 is 11.7. The van der Waals surface area contributed by atoms with E-state index in [4.69, 9.17) is 15.2 Å². The van der Waals surface area contributed by atoms with Gasteiger partial charge >= 0.3 is 0 Å². The molecule has 3 aliphatic rings. The van der Waals surface area contributed by atoms with Gasteiger partial charge in [0, 0.05) is 24.9 Å². The average molecular weight is 268 g/mol. The molecule has 2 saturated heterocycles. The number of likely N-dealkylation sites (tertiary alicyclic amines) is 1. The molecule has 2 heterocycles. The van der Waals surface area contributed by atoms with Gasteiger partial charge < -0.3 is 15.2 Å². The van der Waals surface area contributed by atoms with Crippen LogP contribution >= 0.6 is 0 Å². The maximum atomic E-state index is 5.83. The lowest BCUT2D eigenvalue weighted by molar-refractivity contribution is -0.185. The fourth-order valence-corrected chi connectivity index (χ4v) is 4.17. The SMILES string of the molecule is NCCC1CCCCN1C1CCC2(CC1)OCCO2. The van der Waals surface area contributed by atoms with Gasteiger partial charge in [0.1, 0.15) is 0 Å². The van der Waals surface area contributed by atoms with Gasteiger partial charge in [-0.15, -0.1) is 0 Å². The molecule has 0 radical (unpaired) electrons. The third-order valence-corrected chi connectivity index (χ3v) is 5.17. The Balaban J connectivity index is 1.57. The Bertz CT molecular complexity index is 280. The molecule has 1 atom stereocenters. The third kappa shape index (κ3) is 2.97. The molecular formula is C15H28N2O2. The summed E-state index contributed by atoms with van der Waals surface area (Å²) in [5.74, 6) is -0.213. The zero-order valence-electron chi connectivity index (χ0n) is 12.0. The molecule has 0 bridgehead atoms. The van der Waals surface area contributed by atoms with Crippen LogP contribution in [0.25, 0.3) is 0 Å². The van der Waals surface area contributed by atoms with Crippen LogP contribution in [0.2, 0.25) is 0 Å². The second-order valence-electron chi connectivity index (χ2n) is 6.30. The van der Waals surface area contributed by atoms with Crippen LogP contribution in [0.15, 0.2) is 0 Å². The Kier molecular flexibility index (Phi) is 4.42. The summed E-state index contributed by atoms with van der Waals surface area (Å²) in [5, 5.41) is 0. The Morgan fingerprint density at radius 3 is 2.47 bits per heavy atom. The van der Waals surface area contributed by atoms with Crippen molar-refractivity contribution in [3.8, 4) is 0 Å². The topological polar surface area (TPSA) is 47.7 Å². The summed E-state index contributed by atoms with van der Waals surface area (Å²) in [6.07, 6.45) is 9.83. The Hall–Kier alpha value is -0.160. The molecule has 110 valence electrons. The van der Waals surface area contributed by atoms with Crippen LogP contribution < -0.4 is 5.73 Å². The highest BCUT2D eigenvalue weighted by molar-refractivity contribution is 4.90. The predicted octanol–water partition coefficient (Wildman–Crippen LogP) is 1.88. The zero-order chi connectivity index (χ0) is 13.1. The van der Waals surface area contributed by atoms with Crippen LogP contribution in [-0.4, -0.2) is 49.1 Å². The van der Waals surface area contributed by atoms with Crippen molar-refractivity contribution in [3.63, 3.8) is 0 Å². The number of hydrogen-bond donors (Lipinski definition) is 1. The number of nitrogens with two attached hydrogens (primary N) is 1. The lowest BCUT2D eigenvalue weighted by atomic mass is 9.86. The van der Waals surface area contributed by atoms with Gasteiger partial charge in [-0.25, -0.2) is 0 Å². The van der Waals surface area contributed by atoms with Gasteiger partial charge in [-0.2, -0.15) is 0 Å². The standard InChI is InChI=1S/C15H28N2O2/c16-9-6-13-3-1-2-10-17(13)14-4-7-15(8-5-14)18-11-12-19-15/h13-14H,1-12,16H2. The second-order valence-corrected chi connectivity index (χ2v) is 6.30. The van der Waals surface area contributed by atoms with Crippen molar-refractivity contribution in [2.45, 2.75) is 69.2 Å². The normalized spacial score (nSPS) is 33.0. The highest BCUT2D eigenvalue weighted by Crippen LogP contribution is 2.39. The van der Waals surface area contributed by atoms with Gasteiger partial charge in [-0.1, -0.05) is 6.42 Å². The van der Waals surface area contributed by atoms with Crippen molar-refractivity contribution in [2.24, 2.45) is 5.73 Å². The molecule has 3 rings (SSSR count). The number of hydrogen-bond acceptors (Lipinski definition) is 4. The van der Waals surface area contributed by atoms with E-state index in [9.17, 15) is 0 Å². The molecule has 2 aliphatic heterocycles.